The molecular formula is C17H27NO. The molecule has 0 saturated heterocycles. The molecule has 1 aliphatic carbocycles. The second-order valence-corrected chi connectivity index (χ2v) is 5.67. The largest absolute Gasteiger partial charge is 0.494 e. The number of hydrogen-bond acceptors (Lipinski definition) is 2. The first-order valence-corrected chi connectivity index (χ1v) is 7.78. The molecule has 1 saturated carbocycles. The van der Waals surface area contributed by atoms with Crippen LogP contribution in [0, 0.1) is 5.92 Å². The molecule has 0 heterocycles. The van der Waals surface area contributed by atoms with Crippen LogP contribution >= 0.6 is 0 Å². The minimum Gasteiger partial charge on any atom is -0.494 e. The van der Waals surface area contributed by atoms with Crippen LogP contribution in [0.4, 0.5) is 0 Å². The fourth-order valence-corrected chi connectivity index (χ4v) is 3.16. The molecule has 1 unspecified atom stereocenters. The Bertz CT molecular complexity index is 369. The maximum absolute atomic E-state index is 6.43. The molecule has 1 fully saturated rings. The van der Waals surface area contributed by atoms with Crippen LogP contribution in [0.25, 0.3) is 0 Å². The average Bonchev–Trinajstić information content (AvgIpc) is 2.68. The van der Waals surface area contributed by atoms with Gasteiger partial charge in [-0.1, -0.05) is 56.7 Å². The lowest BCUT2D eigenvalue weighted by Gasteiger charge is -2.21. The lowest BCUT2D eigenvalue weighted by Crippen LogP contribution is -2.16. The Hall–Kier alpha value is -1.02. The molecule has 2 rings (SSSR count). The molecule has 0 amide bonds. The average molecular weight is 261 g/mol. The maximum atomic E-state index is 6.43. The van der Waals surface area contributed by atoms with Crippen molar-refractivity contribution in [1.82, 2.24) is 0 Å². The summed E-state index contributed by atoms with van der Waals surface area (Å²) in [6.07, 6.45) is 9.37. The van der Waals surface area contributed by atoms with Crippen LogP contribution in [0.5, 0.6) is 5.75 Å². The van der Waals surface area contributed by atoms with Crippen molar-refractivity contribution in [3.05, 3.63) is 29.8 Å². The molecular weight excluding hydrogens is 234 g/mol. The fourth-order valence-electron chi connectivity index (χ4n) is 3.16. The van der Waals surface area contributed by atoms with Crippen molar-refractivity contribution in [2.24, 2.45) is 11.7 Å². The highest BCUT2D eigenvalue weighted by Gasteiger charge is 2.19. The van der Waals surface area contributed by atoms with Crippen molar-refractivity contribution in [3.63, 3.8) is 0 Å². The molecule has 1 aromatic rings. The quantitative estimate of drug-likeness (QED) is 0.795. The van der Waals surface area contributed by atoms with E-state index >= 15 is 0 Å². The predicted molar refractivity (Wildman–Crippen MR) is 80.3 cm³/mol. The van der Waals surface area contributed by atoms with E-state index in [-0.39, 0.29) is 6.04 Å². The number of nitrogens with two attached hydrogens (primary N) is 1. The number of ether oxygens (including phenoxy) is 1. The molecule has 106 valence electrons. The van der Waals surface area contributed by atoms with Gasteiger partial charge in [0.2, 0.25) is 0 Å². The van der Waals surface area contributed by atoms with E-state index in [1.165, 1.54) is 44.1 Å². The summed E-state index contributed by atoms with van der Waals surface area (Å²) in [6.45, 7) is 2.72. The Balaban J connectivity index is 2.00. The monoisotopic (exact) mass is 261 g/mol. The standard InChI is InChI=1S/C17H27NO/c1-2-19-17-12-8-7-11-15(17)16(18)13-14-9-5-3-4-6-10-14/h7-8,11-12,14,16H,2-6,9-10,13,18H2,1H3. The van der Waals surface area contributed by atoms with Crippen molar-refractivity contribution < 1.29 is 4.74 Å². The summed E-state index contributed by atoms with van der Waals surface area (Å²) >= 11 is 0. The third-order valence-electron chi connectivity index (χ3n) is 4.18. The van der Waals surface area contributed by atoms with Crippen LogP contribution < -0.4 is 10.5 Å². The summed E-state index contributed by atoms with van der Waals surface area (Å²) < 4.78 is 5.69. The van der Waals surface area contributed by atoms with Crippen LogP contribution in [-0.2, 0) is 0 Å². The number of benzene rings is 1. The van der Waals surface area contributed by atoms with Crippen molar-refractivity contribution in [2.75, 3.05) is 6.61 Å². The molecule has 2 heteroatoms. The van der Waals surface area contributed by atoms with Gasteiger partial charge in [-0.3, -0.25) is 0 Å². The highest BCUT2D eigenvalue weighted by atomic mass is 16.5. The third-order valence-corrected chi connectivity index (χ3v) is 4.18. The van der Waals surface area contributed by atoms with Gasteiger partial charge in [0.15, 0.2) is 0 Å². The molecule has 1 aliphatic rings. The molecule has 0 spiro atoms. The summed E-state index contributed by atoms with van der Waals surface area (Å²) in [7, 11) is 0. The summed E-state index contributed by atoms with van der Waals surface area (Å²) in [5, 5.41) is 0. The van der Waals surface area contributed by atoms with Crippen molar-refractivity contribution in [2.45, 2.75) is 57.9 Å². The molecule has 2 nitrogen and oxygen atoms in total. The number of hydrogen-bond donors (Lipinski definition) is 1. The Labute approximate surface area is 117 Å². The van der Waals surface area contributed by atoms with E-state index in [1.54, 1.807) is 0 Å². The zero-order valence-corrected chi connectivity index (χ0v) is 12.1. The number of para-hydroxylation sites is 1. The van der Waals surface area contributed by atoms with Gasteiger partial charge in [0.05, 0.1) is 6.61 Å². The zero-order chi connectivity index (χ0) is 13.5. The predicted octanol–water partition coefficient (Wildman–Crippen LogP) is 4.45. The van der Waals surface area contributed by atoms with Crippen LogP contribution in [-0.4, -0.2) is 6.61 Å². The van der Waals surface area contributed by atoms with Gasteiger partial charge >= 0.3 is 0 Å². The minimum atomic E-state index is 0.117. The summed E-state index contributed by atoms with van der Waals surface area (Å²) in [5.41, 5.74) is 7.60. The van der Waals surface area contributed by atoms with Crippen LogP contribution in [0.15, 0.2) is 24.3 Å². The first-order valence-electron chi connectivity index (χ1n) is 7.78. The fraction of sp³-hybridized carbons (Fsp3) is 0.647. The van der Waals surface area contributed by atoms with Gasteiger partial charge in [-0.25, -0.2) is 0 Å². The van der Waals surface area contributed by atoms with E-state index < -0.39 is 0 Å². The van der Waals surface area contributed by atoms with Gasteiger partial charge < -0.3 is 10.5 Å². The van der Waals surface area contributed by atoms with E-state index in [0.29, 0.717) is 6.61 Å². The lowest BCUT2D eigenvalue weighted by molar-refractivity contribution is 0.327. The normalized spacial score (nSPS) is 18.8. The van der Waals surface area contributed by atoms with Gasteiger partial charge in [-0.05, 0) is 25.3 Å². The highest BCUT2D eigenvalue weighted by Crippen LogP contribution is 2.33. The first-order chi connectivity index (χ1) is 9.31. The van der Waals surface area contributed by atoms with E-state index in [2.05, 4.69) is 12.1 Å². The van der Waals surface area contributed by atoms with Gasteiger partial charge in [0.25, 0.3) is 0 Å². The first kappa shape index (κ1) is 14.4. The minimum absolute atomic E-state index is 0.117. The second kappa shape index (κ2) is 7.54. The van der Waals surface area contributed by atoms with Gasteiger partial charge in [-0.2, -0.15) is 0 Å². The van der Waals surface area contributed by atoms with E-state index in [0.717, 1.165) is 18.1 Å². The Morgan fingerprint density at radius 3 is 2.53 bits per heavy atom. The Morgan fingerprint density at radius 2 is 1.84 bits per heavy atom. The van der Waals surface area contributed by atoms with Crippen molar-refractivity contribution >= 4 is 0 Å². The Morgan fingerprint density at radius 1 is 1.16 bits per heavy atom. The SMILES string of the molecule is CCOc1ccccc1C(N)CC1CCCCCC1. The molecule has 1 aromatic carbocycles. The molecule has 2 N–H and O–H groups in total. The smallest absolute Gasteiger partial charge is 0.124 e. The Kier molecular flexibility index (Phi) is 5.71. The molecule has 19 heavy (non-hydrogen) atoms. The van der Waals surface area contributed by atoms with Gasteiger partial charge in [-0.15, -0.1) is 0 Å². The molecule has 0 radical (unpaired) electrons. The van der Waals surface area contributed by atoms with Crippen LogP contribution in [0.3, 0.4) is 0 Å². The summed E-state index contributed by atoms with van der Waals surface area (Å²) in [5.74, 6) is 1.76. The molecule has 0 bridgehead atoms. The summed E-state index contributed by atoms with van der Waals surface area (Å²) in [4.78, 5) is 0. The second-order valence-electron chi connectivity index (χ2n) is 5.67. The van der Waals surface area contributed by atoms with Crippen LogP contribution in [0.2, 0.25) is 0 Å². The highest BCUT2D eigenvalue weighted by molar-refractivity contribution is 5.35. The van der Waals surface area contributed by atoms with Crippen LogP contribution in [0.1, 0.15) is 63.5 Å². The van der Waals surface area contributed by atoms with Crippen molar-refractivity contribution in [3.8, 4) is 5.75 Å². The molecule has 1 atom stereocenters. The van der Waals surface area contributed by atoms with Crippen molar-refractivity contribution in [1.29, 1.82) is 0 Å². The lowest BCUT2D eigenvalue weighted by atomic mass is 9.90. The van der Waals surface area contributed by atoms with E-state index in [9.17, 15) is 0 Å². The molecule has 0 aromatic heterocycles. The summed E-state index contributed by atoms with van der Waals surface area (Å²) in [6, 6.07) is 8.35. The van der Waals surface area contributed by atoms with E-state index in [1.807, 2.05) is 19.1 Å². The van der Waals surface area contributed by atoms with E-state index in [4.69, 9.17) is 10.5 Å². The maximum Gasteiger partial charge on any atom is 0.124 e. The zero-order valence-electron chi connectivity index (χ0n) is 12.1. The topological polar surface area (TPSA) is 35.2 Å². The van der Waals surface area contributed by atoms with Gasteiger partial charge in [0, 0.05) is 11.6 Å². The molecule has 0 aliphatic heterocycles. The third kappa shape index (κ3) is 4.24. The number of rotatable bonds is 5. The van der Waals surface area contributed by atoms with Gasteiger partial charge in [0.1, 0.15) is 5.75 Å².